The van der Waals surface area contributed by atoms with Gasteiger partial charge in [-0.3, -0.25) is 4.79 Å². The zero-order valence-electron chi connectivity index (χ0n) is 10.8. The summed E-state index contributed by atoms with van der Waals surface area (Å²) in [7, 11) is 0. The van der Waals surface area contributed by atoms with Crippen LogP contribution in [0.5, 0.6) is 0 Å². The molecule has 0 radical (unpaired) electrons. The number of carbonyl (C=O) groups excluding carboxylic acids is 1. The first-order valence-corrected chi connectivity index (χ1v) is 6.01. The van der Waals surface area contributed by atoms with Gasteiger partial charge in [-0.25, -0.2) is 13.8 Å². The molecule has 1 aromatic carbocycles. The van der Waals surface area contributed by atoms with Crippen LogP contribution in [0.2, 0.25) is 0 Å². The number of halogens is 2. The highest BCUT2D eigenvalue weighted by molar-refractivity contribution is 5.97. The molecule has 0 saturated carbocycles. The van der Waals surface area contributed by atoms with E-state index in [1.165, 1.54) is 13.0 Å². The molecule has 0 fully saturated rings. The summed E-state index contributed by atoms with van der Waals surface area (Å²) in [6.07, 6.45) is 3.36. The van der Waals surface area contributed by atoms with Crippen LogP contribution < -0.4 is 0 Å². The maximum absolute atomic E-state index is 13.6. The standard InChI is InChI=1S/C14H14F2N2O/c1-3-18-5-4-17-14(18)8-13(19)10-6-9(2)11(15)7-12(10)16/h4-7H,3,8H2,1-2H3. The van der Waals surface area contributed by atoms with Gasteiger partial charge in [-0.15, -0.1) is 0 Å². The van der Waals surface area contributed by atoms with Gasteiger partial charge in [0.2, 0.25) is 0 Å². The van der Waals surface area contributed by atoms with Crippen molar-refractivity contribution in [2.45, 2.75) is 26.8 Å². The number of rotatable bonds is 4. The van der Waals surface area contributed by atoms with E-state index >= 15 is 0 Å². The van der Waals surface area contributed by atoms with E-state index in [9.17, 15) is 13.6 Å². The quantitative estimate of drug-likeness (QED) is 0.796. The monoisotopic (exact) mass is 264 g/mol. The Labute approximate surface area is 109 Å². The van der Waals surface area contributed by atoms with Crippen molar-refractivity contribution in [2.24, 2.45) is 0 Å². The highest BCUT2D eigenvalue weighted by atomic mass is 19.1. The Hall–Kier alpha value is -2.04. The van der Waals surface area contributed by atoms with Crippen molar-refractivity contribution >= 4 is 5.78 Å². The third-order valence-electron chi connectivity index (χ3n) is 3.01. The Bertz CT molecular complexity index is 620. The minimum absolute atomic E-state index is 0.00281. The van der Waals surface area contributed by atoms with E-state index < -0.39 is 17.4 Å². The Morgan fingerprint density at radius 3 is 2.74 bits per heavy atom. The van der Waals surface area contributed by atoms with Crippen LogP contribution in [0.25, 0.3) is 0 Å². The van der Waals surface area contributed by atoms with E-state index in [1.807, 2.05) is 11.5 Å². The summed E-state index contributed by atoms with van der Waals surface area (Å²) in [4.78, 5) is 16.1. The van der Waals surface area contributed by atoms with Gasteiger partial charge in [0.25, 0.3) is 0 Å². The molecule has 0 amide bonds. The average molecular weight is 264 g/mol. The van der Waals surface area contributed by atoms with Crippen LogP contribution in [-0.2, 0) is 13.0 Å². The van der Waals surface area contributed by atoms with Gasteiger partial charge < -0.3 is 4.57 Å². The van der Waals surface area contributed by atoms with E-state index in [1.54, 1.807) is 12.4 Å². The third kappa shape index (κ3) is 2.70. The van der Waals surface area contributed by atoms with Gasteiger partial charge in [0, 0.05) is 25.0 Å². The average Bonchev–Trinajstić information content (AvgIpc) is 2.80. The molecule has 0 aliphatic heterocycles. The maximum Gasteiger partial charge on any atom is 0.173 e. The predicted molar refractivity (Wildman–Crippen MR) is 67.0 cm³/mol. The molecule has 2 rings (SSSR count). The lowest BCUT2D eigenvalue weighted by Crippen LogP contribution is -2.11. The van der Waals surface area contributed by atoms with Gasteiger partial charge in [-0.1, -0.05) is 0 Å². The van der Waals surface area contributed by atoms with Crippen molar-refractivity contribution in [2.75, 3.05) is 0 Å². The summed E-state index contributed by atoms with van der Waals surface area (Å²) in [5, 5.41) is 0. The molecule has 0 aliphatic carbocycles. The van der Waals surface area contributed by atoms with Crippen molar-refractivity contribution in [3.05, 3.63) is 53.1 Å². The second-order valence-corrected chi connectivity index (χ2v) is 4.31. The molecule has 3 nitrogen and oxygen atoms in total. The van der Waals surface area contributed by atoms with E-state index in [-0.39, 0.29) is 17.5 Å². The smallest absolute Gasteiger partial charge is 0.173 e. The molecule has 0 bridgehead atoms. The summed E-state index contributed by atoms with van der Waals surface area (Å²) in [5.41, 5.74) is 0.160. The fourth-order valence-electron chi connectivity index (χ4n) is 1.90. The van der Waals surface area contributed by atoms with Crippen LogP contribution in [0.1, 0.15) is 28.7 Å². The Morgan fingerprint density at radius 2 is 2.05 bits per heavy atom. The van der Waals surface area contributed by atoms with Crippen molar-refractivity contribution in [3.8, 4) is 0 Å². The summed E-state index contributed by atoms with van der Waals surface area (Å²) in [6.45, 7) is 4.12. The van der Waals surface area contributed by atoms with Gasteiger partial charge in [-0.05, 0) is 25.5 Å². The summed E-state index contributed by atoms with van der Waals surface area (Å²) in [5.74, 6) is -1.30. The summed E-state index contributed by atoms with van der Waals surface area (Å²) in [6, 6.07) is 1.99. The number of nitrogens with zero attached hydrogens (tertiary/aromatic N) is 2. The van der Waals surface area contributed by atoms with Crippen LogP contribution in [0, 0.1) is 18.6 Å². The molecule has 1 heterocycles. The van der Waals surface area contributed by atoms with Gasteiger partial charge in [0.15, 0.2) is 5.78 Å². The summed E-state index contributed by atoms with van der Waals surface area (Å²) < 4.78 is 28.6. The Balaban J connectivity index is 2.28. The van der Waals surface area contributed by atoms with Crippen molar-refractivity contribution in [3.63, 3.8) is 0 Å². The summed E-state index contributed by atoms with van der Waals surface area (Å²) >= 11 is 0. The first kappa shape index (κ1) is 13.4. The number of ketones is 1. The molecule has 5 heteroatoms. The van der Waals surface area contributed by atoms with Crippen LogP contribution in [-0.4, -0.2) is 15.3 Å². The SMILES string of the molecule is CCn1ccnc1CC(=O)c1cc(C)c(F)cc1F. The van der Waals surface area contributed by atoms with E-state index in [2.05, 4.69) is 4.98 Å². The van der Waals surface area contributed by atoms with Gasteiger partial charge in [0.1, 0.15) is 17.5 Å². The number of aromatic nitrogens is 2. The number of imidazole rings is 1. The Kier molecular flexibility index (Phi) is 3.74. The fraction of sp³-hybridized carbons (Fsp3) is 0.286. The normalized spacial score (nSPS) is 10.7. The molecule has 0 spiro atoms. The molecule has 0 saturated heterocycles. The number of hydrogen-bond acceptors (Lipinski definition) is 2. The molecule has 2 aromatic rings. The Morgan fingerprint density at radius 1 is 1.32 bits per heavy atom. The minimum Gasteiger partial charge on any atom is -0.335 e. The molecular formula is C14H14F2N2O. The first-order valence-electron chi connectivity index (χ1n) is 6.01. The lowest BCUT2D eigenvalue weighted by molar-refractivity contribution is 0.0985. The maximum atomic E-state index is 13.6. The molecule has 0 aliphatic rings. The molecule has 0 unspecified atom stereocenters. The van der Waals surface area contributed by atoms with Gasteiger partial charge in [-0.2, -0.15) is 0 Å². The number of Topliss-reactive ketones (excluding diaryl/α,β-unsaturated/α-hetero) is 1. The minimum atomic E-state index is -0.831. The molecule has 100 valence electrons. The van der Waals surface area contributed by atoms with E-state index in [0.29, 0.717) is 12.4 Å². The van der Waals surface area contributed by atoms with Gasteiger partial charge in [0.05, 0.1) is 12.0 Å². The van der Waals surface area contributed by atoms with Crippen LogP contribution in [0.4, 0.5) is 8.78 Å². The largest absolute Gasteiger partial charge is 0.335 e. The highest BCUT2D eigenvalue weighted by Crippen LogP contribution is 2.16. The molecule has 0 N–H and O–H groups in total. The third-order valence-corrected chi connectivity index (χ3v) is 3.01. The van der Waals surface area contributed by atoms with Crippen LogP contribution in [0.3, 0.4) is 0 Å². The van der Waals surface area contributed by atoms with Crippen molar-refractivity contribution < 1.29 is 13.6 Å². The molecule has 19 heavy (non-hydrogen) atoms. The lowest BCUT2D eigenvalue weighted by Gasteiger charge is -2.06. The number of benzene rings is 1. The second-order valence-electron chi connectivity index (χ2n) is 4.31. The van der Waals surface area contributed by atoms with E-state index in [0.717, 1.165) is 6.07 Å². The molecular weight excluding hydrogens is 250 g/mol. The lowest BCUT2D eigenvalue weighted by atomic mass is 10.0. The first-order chi connectivity index (χ1) is 9.02. The van der Waals surface area contributed by atoms with Crippen LogP contribution >= 0.6 is 0 Å². The molecule has 1 aromatic heterocycles. The van der Waals surface area contributed by atoms with Gasteiger partial charge >= 0.3 is 0 Å². The van der Waals surface area contributed by atoms with Crippen molar-refractivity contribution in [1.29, 1.82) is 0 Å². The zero-order valence-corrected chi connectivity index (χ0v) is 10.8. The zero-order chi connectivity index (χ0) is 14.0. The predicted octanol–water partition coefficient (Wildman–Crippen LogP) is 2.92. The number of hydrogen-bond donors (Lipinski definition) is 0. The molecule has 0 atom stereocenters. The second kappa shape index (κ2) is 5.30. The fourth-order valence-corrected chi connectivity index (χ4v) is 1.90. The van der Waals surface area contributed by atoms with E-state index in [4.69, 9.17) is 0 Å². The number of carbonyl (C=O) groups is 1. The highest BCUT2D eigenvalue weighted by Gasteiger charge is 2.16. The topological polar surface area (TPSA) is 34.9 Å². The van der Waals surface area contributed by atoms with Crippen LogP contribution in [0.15, 0.2) is 24.5 Å². The van der Waals surface area contributed by atoms with Crippen molar-refractivity contribution in [1.82, 2.24) is 9.55 Å². The number of aryl methyl sites for hydroxylation is 2.